The van der Waals surface area contributed by atoms with Crippen LogP contribution >= 0.6 is 11.3 Å². The first-order valence-corrected chi connectivity index (χ1v) is 12.8. The van der Waals surface area contributed by atoms with Gasteiger partial charge in [0, 0.05) is 17.0 Å². The standard InChI is InChI=1S/C28H20F2N4O6S/c1-14-11-16(7-9-20(14)34(37)38)39-13-17-8-10-21(40-17)27(36)33-23-22-18(15-5-3-2-4-6-15)12-19(25(29)30)32-28(22)41-24(23)26(31)35/h2-12,25H,13H2,1H3,(H2,31,35)(H,33,36). The summed E-state index contributed by atoms with van der Waals surface area (Å²) < 4.78 is 38.6. The molecular formula is C28H20F2N4O6S. The van der Waals surface area contributed by atoms with E-state index in [2.05, 4.69) is 10.3 Å². The van der Waals surface area contributed by atoms with Crippen LogP contribution in [0.1, 0.15) is 43.7 Å². The largest absolute Gasteiger partial charge is 0.486 e. The number of anilines is 1. The zero-order valence-electron chi connectivity index (χ0n) is 21.2. The number of aromatic nitrogens is 1. The van der Waals surface area contributed by atoms with Crippen molar-refractivity contribution < 1.29 is 32.4 Å². The molecule has 0 atom stereocenters. The molecule has 0 unspecified atom stereocenters. The van der Waals surface area contributed by atoms with Gasteiger partial charge < -0.3 is 20.2 Å². The molecule has 0 aliphatic rings. The number of ether oxygens (including phenoxy) is 1. The van der Waals surface area contributed by atoms with Gasteiger partial charge in [-0.2, -0.15) is 0 Å². The predicted octanol–water partition coefficient (Wildman–Crippen LogP) is 6.64. The summed E-state index contributed by atoms with van der Waals surface area (Å²) in [7, 11) is 0. The SMILES string of the molecule is Cc1cc(OCc2ccc(C(=O)Nc3c(C(N)=O)sc4nc(C(F)F)cc(-c5ccccc5)c34)o2)ccc1[N+](=O)[O-]. The third kappa shape index (κ3) is 5.61. The highest BCUT2D eigenvalue weighted by atomic mass is 32.1. The van der Waals surface area contributed by atoms with E-state index in [1.54, 1.807) is 37.3 Å². The van der Waals surface area contributed by atoms with Gasteiger partial charge in [0.2, 0.25) is 0 Å². The average Bonchev–Trinajstić information content (AvgIpc) is 3.57. The molecule has 5 rings (SSSR count). The van der Waals surface area contributed by atoms with Crippen LogP contribution in [0.25, 0.3) is 21.3 Å². The van der Waals surface area contributed by atoms with Gasteiger partial charge in [-0.3, -0.25) is 19.7 Å². The molecule has 3 N–H and O–H groups in total. The highest BCUT2D eigenvalue weighted by Crippen LogP contribution is 2.42. The monoisotopic (exact) mass is 578 g/mol. The molecule has 0 aliphatic carbocycles. The summed E-state index contributed by atoms with van der Waals surface area (Å²) in [5.41, 5.74) is 6.43. The number of rotatable bonds is 9. The topological polar surface area (TPSA) is 151 Å². The number of nitro groups is 1. The van der Waals surface area contributed by atoms with E-state index in [9.17, 15) is 28.5 Å². The minimum absolute atomic E-state index is 0.0326. The van der Waals surface area contributed by atoms with Crippen molar-refractivity contribution in [3.8, 4) is 16.9 Å². The molecule has 13 heteroatoms. The first kappa shape index (κ1) is 27.4. The minimum atomic E-state index is -2.86. The molecular weight excluding hydrogens is 558 g/mol. The highest BCUT2D eigenvalue weighted by Gasteiger charge is 2.26. The van der Waals surface area contributed by atoms with Crippen molar-refractivity contribution in [1.29, 1.82) is 0 Å². The molecule has 208 valence electrons. The quantitative estimate of drug-likeness (QED) is 0.147. The highest BCUT2D eigenvalue weighted by molar-refractivity contribution is 7.21. The van der Waals surface area contributed by atoms with Crippen LogP contribution in [0, 0.1) is 17.0 Å². The number of halogens is 2. The van der Waals surface area contributed by atoms with Gasteiger partial charge in [-0.25, -0.2) is 13.8 Å². The molecule has 0 bridgehead atoms. The molecule has 2 amide bonds. The van der Waals surface area contributed by atoms with Crippen LogP contribution in [-0.4, -0.2) is 21.7 Å². The summed E-state index contributed by atoms with van der Waals surface area (Å²) in [6.45, 7) is 1.51. The van der Waals surface area contributed by atoms with Gasteiger partial charge in [0.15, 0.2) is 5.76 Å². The molecule has 41 heavy (non-hydrogen) atoms. The number of nitrogens with two attached hydrogens (primary N) is 1. The number of nitro benzene ring substituents is 1. The Morgan fingerprint density at radius 2 is 1.90 bits per heavy atom. The molecule has 0 aliphatic heterocycles. The van der Waals surface area contributed by atoms with E-state index >= 15 is 0 Å². The van der Waals surface area contributed by atoms with E-state index in [1.165, 1.54) is 36.4 Å². The van der Waals surface area contributed by atoms with E-state index in [1.807, 2.05) is 0 Å². The number of hydrogen-bond acceptors (Lipinski definition) is 8. The molecule has 0 saturated heterocycles. The Morgan fingerprint density at radius 3 is 2.56 bits per heavy atom. The second kappa shape index (κ2) is 11.1. The Bertz CT molecular complexity index is 1800. The number of aryl methyl sites for hydroxylation is 1. The van der Waals surface area contributed by atoms with Gasteiger partial charge in [0.1, 0.15) is 33.5 Å². The Labute approximate surface area is 234 Å². The van der Waals surface area contributed by atoms with Crippen LogP contribution < -0.4 is 15.8 Å². The summed E-state index contributed by atoms with van der Waals surface area (Å²) in [4.78, 5) is 40.1. The number of thiophene rings is 1. The first-order valence-electron chi connectivity index (χ1n) is 12.0. The molecule has 10 nitrogen and oxygen atoms in total. The molecule has 2 aromatic carbocycles. The lowest BCUT2D eigenvalue weighted by molar-refractivity contribution is -0.385. The molecule has 0 saturated carbocycles. The molecule has 3 aromatic heterocycles. The number of alkyl halides is 2. The van der Waals surface area contributed by atoms with E-state index in [0.29, 0.717) is 22.4 Å². The van der Waals surface area contributed by atoms with E-state index < -0.39 is 28.9 Å². The minimum Gasteiger partial charge on any atom is -0.486 e. The third-order valence-corrected chi connectivity index (χ3v) is 7.18. The van der Waals surface area contributed by atoms with Crippen molar-refractivity contribution in [2.24, 2.45) is 5.73 Å². The number of hydrogen-bond donors (Lipinski definition) is 2. The molecule has 0 spiro atoms. The number of furan rings is 1. The lowest BCUT2D eigenvalue weighted by atomic mass is 10.0. The second-order valence-electron chi connectivity index (χ2n) is 8.83. The van der Waals surface area contributed by atoms with Gasteiger partial charge in [-0.1, -0.05) is 30.3 Å². The van der Waals surface area contributed by atoms with Crippen LogP contribution in [0.3, 0.4) is 0 Å². The molecule has 0 fully saturated rings. The number of amides is 2. The fraction of sp³-hybridized carbons (Fsp3) is 0.107. The van der Waals surface area contributed by atoms with E-state index in [4.69, 9.17) is 14.9 Å². The third-order valence-electron chi connectivity index (χ3n) is 6.08. The summed E-state index contributed by atoms with van der Waals surface area (Å²) in [5, 5.41) is 13.9. The summed E-state index contributed by atoms with van der Waals surface area (Å²) in [5.74, 6) is -1.05. The number of nitrogens with one attached hydrogen (secondary N) is 1. The van der Waals surface area contributed by atoms with Crippen molar-refractivity contribution in [1.82, 2.24) is 4.98 Å². The Hall–Kier alpha value is -5.17. The van der Waals surface area contributed by atoms with Crippen LogP contribution in [0.5, 0.6) is 5.75 Å². The fourth-order valence-electron chi connectivity index (χ4n) is 4.20. The number of nitrogens with zero attached hydrogens (tertiary/aromatic N) is 2. The van der Waals surface area contributed by atoms with Crippen LogP contribution in [0.2, 0.25) is 0 Å². The van der Waals surface area contributed by atoms with Crippen LogP contribution in [0.4, 0.5) is 20.2 Å². The maximum atomic E-state index is 13.7. The van der Waals surface area contributed by atoms with Crippen molar-refractivity contribution in [3.63, 3.8) is 0 Å². The smallest absolute Gasteiger partial charge is 0.291 e. The van der Waals surface area contributed by atoms with Gasteiger partial charge >= 0.3 is 0 Å². The summed E-state index contributed by atoms with van der Waals surface area (Å²) in [6, 6.07) is 17.1. The number of fused-ring (bicyclic) bond motifs is 1. The first-order chi connectivity index (χ1) is 19.6. The summed E-state index contributed by atoms with van der Waals surface area (Å²) >= 11 is 0.798. The lowest BCUT2D eigenvalue weighted by Gasteiger charge is -2.10. The van der Waals surface area contributed by atoms with Gasteiger partial charge in [-0.05, 0) is 48.4 Å². The number of primary amides is 1. The van der Waals surface area contributed by atoms with Crippen molar-refractivity contribution >= 4 is 44.7 Å². The predicted molar refractivity (Wildman–Crippen MR) is 147 cm³/mol. The zero-order chi connectivity index (χ0) is 29.3. The second-order valence-corrected chi connectivity index (χ2v) is 9.83. The van der Waals surface area contributed by atoms with E-state index in [-0.39, 0.29) is 44.6 Å². The van der Waals surface area contributed by atoms with Crippen molar-refractivity contribution in [3.05, 3.63) is 104 Å². The zero-order valence-corrected chi connectivity index (χ0v) is 22.0. The van der Waals surface area contributed by atoms with E-state index in [0.717, 1.165) is 11.3 Å². The molecule has 0 radical (unpaired) electrons. The Kier molecular flexibility index (Phi) is 7.44. The number of benzene rings is 2. The number of pyridine rings is 1. The van der Waals surface area contributed by atoms with Crippen LogP contribution in [-0.2, 0) is 6.61 Å². The maximum absolute atomic E-state index is 13.7. The fourth-order valence-corrected chi connectivity index (χ4v) is 5.21. The Morgan fingerprint density at radius 1 is 1.15 bits per heavy atom. The Balaban J connectivity index is 1.44. The van der Waals surface area contributed by atoms with Gasteiger partial charge in [-0.15, -0.1) is 11.3 Å². The van der Waals surface area contributed by atoms with Gasteiger partial charge in [0.25, 0.3) is 23.9 Å². The molecule has 5 aromatic rings. The number of carbonyl (C=O) groups excluding carboxylic acids is 2. The number of carbonyl (C=O) groups is 2. The average molecular weight is 579 g/mol. The van der Waals surface area contributed by atoms with Gasteiger partial charge in [0.05, 0.1) is 10.6 Å². The lowest BCUT2D eigenvalue weighted by Crippen LogP contribution is -2.16. The maximum Gasteiger partial charge on any atom is 0.291 e. The normalized spacial score (nSPS) is 11.1. The van der Waals surface area contributed by atoms with Crippen molar-refractivity contribution in [2.45, 2.75) is 20.0 Å². The van der Waals surface area contributed by atoms with Crippen LogP contribution in [0.15, 0.2) is 71.1 Å². The molecule has 3 heterocycles. The summed E-state index contributed by atoms with van der Waals surface area (Å²) in [6.07, 6.45) is -2.86. The van der Waals surface area contributed by atoms with Crippen molar-refractivity contribution in [2.75, 3.05) is 5.32 Å².